The van der Waals surface area contributed by atoms with E-state index in [0.717, 1.165) is 6.07 Å². The van der Waals surface area contributed by atoms with Gasteiger partial charge in [0.05, 0.1) is 22.7 Å². The number of benzene rings is 1. The number of nitrogens with zero attached hydrogens (tertiary/aromatic N) is 2. The van der Waals surface area contributed by atoms with Crippen molar-refractivity contribution in [1.82, 2.24) is 0 Å². The van der Waals surface area contributed by atoms with E-state index < -0.39 is 10.8 Å². The molecule has 82 valence electrons. The molecule has 0 aliphatic rings. The Morgan fingerprint density at radius 1 is 1.62 bits per heavy atom. The summed E-state index contributed by atoms with van der Waals surface area (Å²) in [6.07, 6.45) is 0. The molecule has 16 heavy (non-hydrogen) atoms. The lowest BCUT2D eigenvalue weighted by molar-refractivity contribution is -0.384. The zero-order valence-electron chi connectivity index (χ0n) is 8.14. The Morgan fingerprint density at radius 2 is 2.31 bits per heavy atom. The number of amides is 1. The van der Waals surface area contributed by atoms with Crippen molar-refractivity contribution in [2.24, 2.45) is 5.73 Å². The van der Waals surface area contributed by atoms with Gasteiger partial charge in [0.1, 0.15) is 6.07 Å². The van der Waals surface area contributed by atoms with Crippen LogP contribution in [-0.4, -0.2) is 17.4 Å². The summed E-state index contributed by atoms with van der Waals surface area (Å²) in [6.45, 7) is -0.132. The van der Waals surface area contributed by atoms with Crippen molar-refractivity contribution in [3.63, 3.8) is 0 Å². The van der Waals surface area contributed by atoms with Crippen LogP contribution in [0.4, 0.5) is 11.4 Å². The van der Waals surface area contributed by atoms with E-state index in [2.05, 4.69) is 5.32 Å². The fraction of sp³-hybridized carbons (Fsp3) is 0.111. The maximum atomic E-state index is 10.5. The third kappa shape index (κ3) is 2.68. The molecule has 1 aromatic rings. The predicted octanol–water partition coefficient (Wildman–Crippen LogP) is 0.364. The molecular formula is C9H8N4O3. The standard InChI is InChI=1S/C9H8N4O3/c10-4-6-3-7(13(15)16)1-2-8(6)12-5-9(11)14/h1-3,12H,5H2,(H2,11,14). The fourth-order valence-electron chi connectivity index (χ4n) is 1.07. The van der Waals surface area contributed by atoms with E-state index in [4.69, 9.17) is 11.0 Å². The van der Waals surface area contributed by atoms with Crippen LogP contribution in [0.5, 0.6) is 0 Å². The highest BCUT2D eigenvalue weighted by atomic mass is 16.6. The summed E-state index contributed by atoms with van der Waals surface area (Å²) in [4.78, 5) is 20.4. The molecule has 7 heteroatoms. The maximum absolute atomic E-state index is 10.5. The van der Waals surface area contributed by atoms with E-state index >= 15 is 0 Å². The molecule has 0 fully saturated rings. The van der Waals surface area contributed by atoms with Crippen molar-refractivity contribution in [1.29, 1.82) is 5.26 Å². The highest BCUT2D eigenvalue weighted by Gasteiger charge is 2.10. The number of anilines is 1. The zero-order valence-corrected chi connectivity index (χ0v) is 8.14. The van der Waals surface area contributed by atoms with E-state index in [-0.39, 0.29) is 17.8 Å². The van der Waals surface area contributed by atoms with Crippen LogP contribution >= 0.6 is 0 Å². The molecule has 0 radical (unpaired) electrons. The second-order valence-electron chi connectivity index (χ2n) is 2.92. The first-order chi connectivity index (χ1) is 7.54. The fourth-order valence-corrected chi connectivity index (χ4v) is 1.07. The van der Waals surface area contributed by atoms with Gasteiger partial charge in [0, 0.05) is 12.1 Å². The number of rotatable bonds is 4. The lowest BCUT2D eigenvalue weighted by atomic mass is 10.1. The van der Waals surface area contributed by atoms with Crippen molar-refractivity contribution in [2.45, 2.75) is 0 Å². The molecule has 3 N–H and O–H groups in total. The number of nitrogens with one attached hydrogen (secondary N) is 1. The van der Waals surface area contributed by atoms with Crippen LogP contribution in [0.25, 0.3) is 0 Å². The van der Waals surface area contributed by atoms with Crippen LogP contribution < -0.4 is 11.1 Å². The minimum Gasteiger partial charge on any atom is -0.375 e. The highest BCUT2D eigenvalue weighted by Crippen LogP contribution is 2.20. The molecule has 0 heterocycles. The van der Waals surface area contributed by atoms with Gasteiger partial charge in [-0.1, -0.05) is 0 Å². The van der Waals surface area contributed by atoms with Gasteiger partial charge in [-0.2, -0.15) is 5.26 Å². The maximum Gasteiger partial charge on any atom is 0.270 e. The average molecular weight is 220 g/mol. The van der Waals surface area contributed by atoms with Crippen LogP contribution in [0.3, 0.4) is 0 Å². The quantitative estimate of drug-likeness (QED) is 0.560. The second-order valence-corrected chi connectivity index (χ2v) is 2.92. The molecule has 0 aliphatic heterocycles. The largest absolute Gasteiger partial charge is 0.375 e. The van der Waals surface area contributed by atoms with Crippen LogP contribution in [0.15, 0.2) is 18.2 Å². The van der Waals surface area contributed by atoms with Gasteiger partial charge < -0.3 is 11.1 Å². The van der Waals surface area contributed by atoms with Crippen molar-refractivity contribution in [3.05, 3.63) is 33.9 Å². The number of carbonyl (C=O) groups is 1. The number of non-ortho nitro benzene ring substituents is 1. The Bertz CT molecular complexity index is 478. The van der Waals surface area contributed by atoms with Crippen molar-refractivity contribution < 1.29 is 9.72 Å². The molecular weight excluding hydrogens is 212 g/mol. The average Bonchev–Trinajstić information content (AvgIpc) is 2.25. The van der Waals surface area contributed by atoms with Gasteiger partial charge in [-0.3, -0.25) is 14.9 Å². The van der Waals surface area contributed by atoms with Gasteiger partial charge in [-0.25, -0.2) is 0 Å². The molecule has 0 bridgehead atoms. The minimum absolute atomic E-state index is 0.0930. The summed E-state index contributed by atoms with van der Waals surface area (Å²) >= 11 is 0. The third-order valence-electron chi connectivity index (χ3n) is 1.79. The molecule has 0 spiro atoms. The summed E-state index contributed by atoms with van der Waals surface area (Å²) in [5, 5.41) is 21.8. The SMILES string of the molecule is N#Cc1cc([N+](=O)[O-])ccc1NCC(N)=O. The molecule has 1 rings (SSSR count). The number of nitro benzene ring substituents is 1. The molecule has 0 saturated heterocycles. The summed E-state index contributed by atoms with van der Waals surface area (Å²) in [6, 6.07) is 5.52. The Balaban J connectivity index is 2.99. The molecule has 1 amide bonds. The monoisotopic (exact) mass is 220 g/mol. The Labute approximate surface area is 90.6 Å². The van der Waals surface area contributed by atoms with E-state index in [1.54, 1.807) is 6.07 Å². The van der Waals surface area contributed by atoms with Crippen LogP contribution in [0.1, 0.15) is 5.56 Å². The first kappa shape index (κ1) is 11.5. The van der Waals surface area contributed by atoms with Gasteiger partial charge >= 0.3 is 0 Å². The predicted molar refractivity (Wildman–Crippen MR) is 55.5 cm³/mol. The van der Waals surface area contributed by atoms with E-state index in [1.807, 2.05) is 0 Å². The van der Waals surface area contributed by atoms with Crippen LogP contribution in [0.2, 0.25) is 0 Å². The first-order valence-corrected chi connectivity index (χ1v) is 4.25. The molecule has 0 aliphatic carbocycles. The minimum atomic E-state index is -0.599. The summed E-state index contributed by atoms with van der Waals surface area (Å²) in [7, 11) is 0. The van der Waals surface area contributed by atoms with Gasteiger partial charge in [-0.15, -0.1) is 0 Å². The normalized spacial score (nSPS) is 9.19. The zero-order chi connectivity index (χ0) is 12.1. The lowest BCUT2D eigenvalue weighted by Gasteiger charge is -2.05. The Kier molecular flexibility index (Phi) is 3.40. The Morgan fingerprint density at radius 3 is 2.81 bits per heavy atom. The molecule has 0 atom stereocenters. The number of hydrogen-bond acceptors (Lipinski definition) is 5. The first-order valence-electron chi connectivity index (χ1n) is 4.25. The summed E-state index contributed by atoms with van der Waals surface area (Å²) in [5.74, 6) is -0.581. The van der Waals surface area contributed by atoms with Crippen LogP contribution in [-0.2, 0) is 4.79 Å². The number of nitrogens with two attached hydrogens (primary N) is 1. The van der Waals surface area contributed by atoms with E-state index in [0.29, 0.717) is 5.69 Å². The van der Waals surface area contributed by atoms with Crippen molar-refractivity contribution >= 4 is 17.3 Å². The van der Waals surface area contributed by atoms with Gasteiger partial charge in [0.15, 0.2) is 0 Å². The molecule has 0 saturated carbocycles. The van der Waals surface area contributed by atoms with Crippen molar-refractivity contribution in [3.8, 4) is 6.07 Å². The second kappa shape index (κ2) is 4.75. The van der Waals surface area contributed by atoms with Gasteiger partial charge in [-0.05, 0) is 6.07 Å². The highest BCUT2D eigenvalue weighted by molar-refractivity contribution is 5.79. The summed E-state index contributed by atoms with van der Waals surface area (Å²) in [5.41, 5.74) is 5.17. The third-order valence-corrected chi connectivity index (χ3v) is 1.79. The van der Waals surface area contributed by atoms with Gasteiger partial charge in [0.25, 0.3) is 5.69 Å². The van der Waals surface area contributed by atoms with E-state index in [9.17, 15) is 14.9 Å². The van der Waals surface area contributed by atoms with E-state index in [1.165, 1.54) is 12.1 Å². The van der Waals surface area contributed by atoms with Crippen molar-refractivity contribution in [2.75, 3.05) is 11.9 Å². The number of nitro groups is 1. The molecule has 0 unspecified atom stereocenters. The van der Waals surface area contributed by atoms with Gasteiger partial charge in [0.2, 0.25) is 5.91 Å². The Hall–Kier alpha value is -2.62. The molecule has 7 nitrogen and oxygen atoms in total. The number of carbonyl (C=O) groups excluding carboxylic acids is 1. The number of hydrogen-bond donors (Lipinski definition) is 2. The topological polar surface area (TPSA) is 122 Å². The molecule has 0 aromatic heterocycles. The van der Waals surface area contributed by atoms with Crippen LogP contribution in [0, 0.1) is 21.4 Å². The lowest BCUT2D eigenvalue weighted by Crippen LogP contribution is -2.22. The number of primary amides is 1. The smallest absolute Gasteiger partial charge is 0.270 e. The molecule has 1 aromatic carbocycles. The number of nitriles is 1. The summed E-state index contributed by atoms with van der Waals surface area (Å²) < 4.78 is 0.